The predicted octanol–water partition coefficient (Wildman–Crippen LogP) is 4.59. The topological polar surface area (TPSA) is 0 Å². The quantitative estimate of drug-likeness (QED) is 0.660. The third-order valence-corrected chi connectivity index (χ3v) is 3.14. The fourth-order valence-corrected chi connectivity index (χ4v) is 2.47. The first-order valence-electron chi connectivity index (χ1n) is 5.53. The molecular weight excluding hydrogens is 200 g/mol. The molecule has 0 aliphatic rings. The molecule has 1 heteroatoms. The molecule has 1 aromatic carbocycles. The van der Waals surface area contributed by atoms with Gasteiger partial charge in [0, 0.05) is 5.25 Å². The van der Waals surface area contributed by atoms with Crippen molar-refractivity contribution < 1.29 is 0 Å². The summed E-state index contributed by atoms with van der Waals surface area (Å²) in [7, 11) is 0. The summed E-state index contributed by atoms with van der Waals surface area (Å²) in [5, 5.41) is 0.319. The molecule has 0 aliphatic carbocycles. The fraction of sp³-hybridized carbons (Fsp3) is 0.571. The molecule has 1 atom stereocenters. The molecule has 1 rings (SSSR count). The summed E-state index contributed by atoms with van der Waals surface area (Å²) in [6.45, 7) is 13.3. The zero-order valence-corrected chi connectivity index (χ0v) is 11.6. The molecule has 0 spiro atoms. The van der Waals surface area contributed by atoms with Crippen LogP contribution < -0.4 is 0 Å². The van der Waals surface area contributed by atoms with Gasteiger partial charge in [-0.3, -0.25) is 0 Å². The molecule has 0 saturated carbocycles. The summed E-state index contributed by atoms with van der Waals surface area (Å²) in [4.78, 5) is 0. The van der Waals surface area contributed by atoms with Crippen molar-refractivity contribution in [2.75, 3.05) is 0 Å². The molecule has 0 N–H and O–H groups in total. The van der Waals surface area contributed by atoms with Gasteiger partial charge in [0.1, 0.15) is 0 Å². The fourth-order valence-electron chi connectivity index (χ4n) is 2.07. The van der Waals surface area contributed by atoms with E-state index in [9.17, 15) is 0 Å². The van der Waals surface area contributed by atoms with Crippen LogP contribution in [0.25, 0.3) is 0 Å². The SMILES string of the molecule is Cc1cc(C(C)(C)C)cc(C)c1C(C)S. The van der Waals surface area contributed by atoms with Crippen molar-refractivity contribution in [3.63, 3.8) is 0 Å². The maximum atomic E-state index is 4.53. The van der Waals surface area contributed by atoms with Crippen molar-refractivity contribution in [3.8, 4) is 0 Å². The largest absolute Gasteiger partial charge is 0.171 e. The van der Waals surface area contributed by atoms with E-state index in [-0.39, 0.29) is 5.41 Å². The molecule has 0 amide bonds. The van der Waals surface area contributed by atoms with Gasteiger partial charge >= 0.3 is 0 Å². The Labute approximate surface area is 99.5 Å². The highest BCUT2D eigenvalue weighted by molar-refractivity contribution is 7.80. The van der Waals surface area contributed by atoms with Gasteiger partial charge in [-0.25, -0.2) is 0 Å². The van der Waals surface area contributed by atoms with Gasteiger partial charge in [-0.2, -0.15) is 12.6 Å². The predicted molar refractivity (Wildman–Crippen MR) is 72.0 cm³/mol. The molecule has 0 bridgehead atoms. The number of hydrogen-bond donors (Lipinski definition) is 1. The van der Waals surface area contributed by atoms with E-state index in [1.165, 1.54) is 22.3 Å². The Balaban J connectivity index is 3.32. The molecular formula is C14H22S. The van der Waals surface area contributed by atoms with Gasteiger partial charge in [0.2, 0.25) is 0 Å². The van der Waals surface area contributed by atoms with Crippen LogP contribution in [0, 0.1) is 13.8 Å². The maximum Gasteiger partial charge on any atom is 0.0244 e. The summed E-state index contributed by atoms with van der Waals surface area (Å²) in [6.07, 6.45) is 0. The standard InChI is InChI=1S/C14H22S/c1-9-7-12(14(4,5)6)8-10(2)13(9)11(3)15/h7-8,11,15H,1-6H3. The third kappa shape index (κ3) is 2.78. The normalized spacial score (nSPS) is 14.1. The summed E-state index contributed by atoms with van der Waals surface area (Å²) in [5.41, 5.74) is 5.75. The average molecular weight is 222 g/mol. The van der Waals surface area contributed by atoms with Gasteiger partial charge in [-0.15, -0.1) is 0 Å². The first-order chi connectivity index (χ1) is 6.73. The molecule has 84 valence electrons. The molecule has 1 aromatic rings. The van der Waals surface area contributed by atoms with E-state index in [4.69, 9.17) is 0 Å². The highest BCUT2D eigenvalue weighted by Gasteiger charge is 2.17. The van der Waals surface area contributed by atoms with E-state index in [0.29, 0.717) is 5.25 Å². The number of rotatable bonds is 1. The minimum absolute atomic E-state index is 0.230. The third-order valence-electron chi connectivity index (χ3n) is 2.88. The highest BCUT2D eigenvalue weighted by Crippen LogP contribution is 2.31. The van der Waals surface area contributed by atoms with Crippen molar-refractivity contribution in [3.05, 3.63) is 34.4 Å². The van der Waals surface area contributed by atoms with E-state index < -0.39 is 0 Å². The van der Waals surface area contributed by atoms with E-state index in [1.54, 1.807) is 0 Å². The Morgan fingerprint density at radius 3 is 1.73 bits per heavy atom. The number of hydrogen-bond acceptors (Lipinski definition) is 1. The lowest BCUT2D eigenvalue weighted by molar-refractivity contribution is 0.588. The van der Waals surface area contributed by atoms with Gasteiger partial charge in [0.05, 0.1) is 0 Å². The van der Waals surface area contributed by atoms with Crippen LogP contribution in [-0.4, -0.2) is 0 Å². The van der Waals surface area contributed by atoms with E-state index in [0.717, 1.165) is 0 Å². The van der Waals surface area contributed by atoms with Crippen molar-refractivity contribution in [1.82, 2.24) is 0 Å². The monoisotopic (exact) mass is 222 g/mol. The lowest BCUT2D eigenvalue weighted by atomic mass is 9.83. The number of aryl methyl sites for hydroxylation is 2. The van der Waals surface area contributed by atoms with Crippen molar-refractivity contribution >= 4 is 12.6 Å². The molecule has 15 heavy (non-hydrogen) atoms. The van der Waals surface area contributed by atoms with Gasteiger partial charge in [0.15, 0.2) is 0 Å². The van der Waals surface area contributed by atoms with Gasteiger partial charge in [0.25, 0.3) is 0 Å². The molecule has 0 aromatic heterocycles. The average Bonchev–Trinajstić information content (AvgIpc) is 1.99. The molecule has 1 unspecified atom stereocenters. The van der Waals surface area contributed by atoms with Crippen molar-refractivity contribution in [2.45, 2.75) is 52.2 Å². The Kier molecular flexibility index (Phi) is 3.55. The van der Waals surface area contributed by atoms with Crippen molar-refractivity contribution in [1.29, 1.82) is 0 Å². The van der Waals surface area contributed by atoms with Crippen LogP contribution in [0.1, 0.15) is 55.2 Å². The van der Waals surface area contributed by atoms with Crippen molar-refractivity contribution in [2.24, 2.45) is 0 Å². The molecule has 0 saturated heterocycles. The second-order valence-electron chi connectivity index (χ2n) is 5.45. The second kappa shape index (κ2) is 4.21. The summed E-state index contributed by atoms with van der Waals surface area (Å²) in [5.74, 6) is 0. The van der Waals surface area contributed by atoms with Crippen LogP contribution in [0.2, 0.25) is 0 Å². The van der Waals surface area contributed by atoms with Crippen LogP contribution in [0.4, 0.5) is 0 Å². The Hall–Kier alpha value is -0.430. The van der Waals surface area contributed by atoms with E-state index >= 15 is 0 Å². The summed E-state index contributed by atoms with van der Waals surface area (Å²) < 4.78 is 0. The Bertz CT molecular complexity index is 333. The summed E-state index contributed by atoms with van der Waals surface area (Å²) in [6, 6.07) is 4.60. The minimum Gasteiger partial charge on any atom is -0.171 e. The van der Waals surface area contributed by atoms with Crippen LogP contribution in [0.5, 0.6) is 0 Å². The molecule has 0 aliphatic heterocycles. The zero-order valence-electron chi connectivity index (χ0n) is 10.7. The van der Waals surface area contributed by atoms with Gasteiger partial charge in [-0.05, 0) is 48.4 Å². The lowest BCUT2D eigenvalue weighted by Gasteiger charge is -2.23. The van der Waals surface area contributed by atoms with Crippen LogP contribution >= 0.6 is 12.6 Å². The Morgan fingerprint density at radius 1 is 1.07 bits per heavy atom. The van der Waals surface area contributed by atoms with Crippen LogP contribution in [0.3, 0.4) is 0 Å². The molecule has 0 radical (unpaired) electrons. The first-order valence-corrected chi connectivity index (χ1v) is 6.05. The van der Waals surface area contributed by atoms with Crippen LogP contribution in [-0.2, 0) is 5.41 Å². The number of thiol groups is 1. The summed E-state index contributed by atoms with van der Waals surface area (Å²) >= 11 is 4.53. The number of benzene rings is 1. The lowest BCUT2D eigenvalue weighted by Crippen LogP contribution is -2.12. The molecule has 0 nitrogen and oxygen atoms in total. The zero-order chi connectivity index (χ0) is 11.8. The second-order valence-corrected chi connectivity index (χ2v) is 6.22. The highest BCUT2D eigenvalue weighted by atomic mass is 32.1. The van der Waals surface area contributed by atoms with Gasteiger partial charge < -0.3 is 0 Å². The first kappa shape index (κ1) is 12.6. The maximum absolute atomic E-state index is 4.53. The molecule has 0 fully saturated rings. The van der Waals surface area contributed by atoms with Gasteiger partial charge in [-0.1, -0.05) is 32.9 Å². The minimum atomic E-state index is 0.230. The molecule has 0 heterocycles. The van der Waals surface area contributed by atoms with E-state index in [1.807, 2.05) is 0 Å². The van der Waals surface area contributed by atoms with Crippen LogP contribution in [0.15, 0.2) is 12.1 Å². The smallest absolute Gasteiger partial charge is 0.0244 e. The Morgan fingerprint density at radius 2 is 1.47 bits per heavy atom. The van der Waals surface area contributed by atoms with E-state index in [2.05, 4.69) is 66.3 Å².